The van der Waals surface area contributed by atoms with Gasteiger partial charge in [0.05, 0.1) is 11.9 Å². The molecule has 1 aliphatic heterocycles. The lowest BCUT2D eigenvalue weighted by Gasteiger charge is -2.17. The Kier molecular flexibility index (Phi) is 4.71. The molecule has 3 heterocycles. The molecule has 2 aromatic carbocycles. The molecule has 0 radical (unpaired) electrons. The second kappa shape index (κ2) is 7.53. The Labute approximate surface area is 177 Å². The maximum atomic E-state index is 13.1. The van der Waals surface area contributed by atoms with Gasteiger partial charge in [-0.2, -0.15) is 0 Å². The zero-order chi connectivity index (χ0) is 20.7. The lowest BCUT2D eigenvalue weighted by Crippen LogP contribution is -2.33. The standard InChI is InChI=1S/C22H20FN5OS/c1-14-2-4-15(5-3-14)12-27-11-10-18(20(27)29)24-21-26-28-13-19(25-22(28)30-21)16-6-8-17(23)9-7-16/h2-9,13,18H,10-12H2,1H3,(H,24,26). The molecule has 4 aromatic rings. The van der Waals surface area contributed by atoms with Gasteiger partial charge in [-0.25, -0.2) is 13.9 Å². The van der Waals surface area contributed by atoms with E-state index in [4.69, 9.17) is 0 Å². The maximum Gasteiger partial charge on any atom is 0.245 e. The van der Waals surface area contributed by atoms with Crippen LogP contribution in [-0.2, 0) is 11.3 Å². The number of fused-ring (bicyclic) bond motifs is 1. The number of nitrogens with one attached hydrogen (secondary N) is 1. The van der Waals surface area contributed by atoms with Gasteiger partial charge in [0.1, 0.15) is 11.9 Å². The number of nitrogens with zero attached hydrogens (tertiary/aromatic N) is 4. The summed E-state index contributed by atoms with van der Waals surface area (Å²) in [4.78, 5) is 20.0. The number of imidazole rings is 1. The van der Waals surface area contributed by atoms with Crippen molar-refractivity contribution in [3.8, 4) is 11.3 Å². The minimum atomic E-state index is -0.276. The second-order valence-corrected chi connectivity index (χ2v) is 8.45. The van der Waals surface area contributed by atoms with Crippen molar-refractivity contribution in [2.45, 2.75) is 25.9 Å². The Balaban J connectivity index is 1.26. The monoisotopic (exact) mass is 421 g/mol. The van der Waals surface area contributed by atoms with Crippen LogP contribution < -0.4 is 5.32 Å². The van der Waals surface area contributed by atoms with Crippen LogP contribution >= 0.6 is 11.3 Å². The van der Waals surface area contributed by atoms with Crippen LogP contribution in [0.4, 0.5) is 9.52 Å². The fourth-order valence-electron chi connectivity index (χ4n) is 3.61. The highest BCUT2D eigenvalue weighted by Crippen LogP contribution is 2.26. The van der Waals surface area contributed by atoms with Gasteiger partial charge in [-0.1, -0.05) is 41.2 Å². The number of likely N-dealkylation sites (tertiary alicyclic amines) is 1. The van der Waals surface area contributed by atoms with E-state index >= 15 is 0 Å². The van der Waals surface area contributed by atoms with E-state index in [-0.39, 0.29) is 17.8 Å². The number of aryl methyl sites for hydroxylation is 1. The van der Waals surface area contributed by atoms with E-state index in [1.165, 1.54) is 29.0 Å². The van der Waals surface area contributed by atoms with Crippen LogP contribution in [0.25, 0.3) is 16.2 Å². The van der Waals surface area contributed by atoms with Gasteiger partial charge in [0.2, 0.25) is 16.0 Å². The zero-order valence-corrected chi connectivity index (χ0v) is 17.2. The number of carbonyl (C=O) groups is 1. The summed E-state index contributed by atoms with van der Waals surface area (Å²) in [6.45, 7) is 3.40. The molecular weight excluding hydrogens is 401 g/mol. The van der Waals surface area contributed by atoms with Crippen LogP contribution in [0.15, 0.2) is 54.7 Å². The molecular formula is C22H20FN5OS. The number of hydrogen-bond donors (Lipinski definition) is 1. The number of carbonyl (C=O) groups excluding carboxylic acids is 1. The molecule has 2 aromatic heterocycles. The van der Waals surface area contributed by atoms with Gasteiger partial charge in [0, 0.05) is 18.7 Å². The molecule has 1 amide bonds. The summed E-state index contributed by atoms with van der Waals surface area (Å²) in [7, 11) is 0. The van der Waals surface area contributed by atoms with Crippen molar-refractivity contribution >= 4 is 27.3 Å². The maximum absolute atomic E-state index is 13.1. The largest absolute Gasteiger partial charge is 0.348 e. The molecule has 0 spiro atoms. The Morgan fingerprint density at radius 1 is 1.17 bits per heavy atom. The first-order valence-corrected chi connectivity index (χ1v) is 10.6. The summed E-state index contributed by atoms with van der Waals surface area (Å²) in [6, 6.07) is 14.2. The van der Waals surface area contributed by atoms with E-state index in [9.17, 15) is 9.18 Å². The molecule has 1 aliphatic rings. The number of halogens is 1. The first-order chi connectivity index (χ1) is 14.5. The fraction of sp³-hybridized carbons (Fsp3) is 0.227. The van der Waals surface area contributed by atoms with Crippen LogP contribution in [0.2, 0.25) is 0 Å². The quantitative estimate of drug-likeness (QED) is 0.527. The van der Waals surface area contributed by atoms with Gasteiger partial charge < -0.3 is 10.2 Å². The van der Waals surface area contributed by atoms with E-state index < -0.39 is 0 Å². The number of aromatic nitrogens is 3. The lowest BCUT2D eigenvalue weighted by molar-refractivity contribution is -0.128. The minimum Gasteiger partial charge on any atom is -0.348 e. The van der Waals surface area contributed by atoms with Gasteiger partial charge in [0.25, 0.3) is 0 Å². The Hall–Kier alpha value is -3.26. The first-order valence-electron chi connectivity index (χ1n) is 9.78. The molecule has 0 bridgehead atoms. The highest BCUT2D eigenvalue weighted by Gasteiger charge is 2.32. The smallest absolute Gasteiger partial charge is 0.245 e. The van der Waals surface area contributed by atoms with E-state index in [0.717, 1.165) is 34.7 Å². The molecule has 0 saturated carbocycles. The number of amides is 1. The highest BCUT2D eigenvalue weighted by molar-refractivity contribution is 7.20. The minimum absolute atomic E-state index is 0.0930. The fourth-order valence-corrected chi connectivity index (χ4v) is 4.44. The summed E-state index contributed by atoms with van der Waals surface area (Å²) in [5.74, 6) is -0.183. The Bertz CT molecular complexity index is 1170. The summed E-state index contributed by atoms with van der Waals surface area (Å²) in [5.41, 5.74) is 3.92. The topological polar surface area (TPSA) is 62.5 Å². The second-order valence-electron chi connectivity index (χ2n) is 7.50. The zero-order valence-electron chi connectivity index (χ0n) is 16.4. The number of hydrogen-bond acceptors (Lipinski definition) is 5. The van der Waals surface area contributed by atoms with Gasteiger partial charge in [-0.3, -0.25) is 4.79 Å². The van der Waals surface area contributed by atoms with Crippen molar-refractivity contribution in [3.05, 3.63) is 71.7 Å². The molecule has 1 unspecified atom stereocenters. The van der Waals surface area contributed by atoms with Crippen LogP contribution in [0.1, 0.15) is 17.5 Å². The summed E-state index contributed by atoms with van der Waals surface area (Å²) in [5, 5.41) is 8.44. The molecule has 1 atom stereocenters. The van der Waals surface area contributed by atoms with Gasteiger partial charge in [-0.05, 0) is 43.2 Å². The van der Waals surface area contributed by atoms with Crippen LogP contribution in [0.3, 0.4) is 0 Å². The van der Waals surface area contributed by atoms with E-state index in [1.54, 1.807) is 16.6 Å². The normalized spacial score (nSPS) is 16.5. The average molecular weight is 422 g/mol. The predicted octanol–water partition coefficient (Wildman–Crippen LogP) is 4.12. The third-order valence-corrected chi connectivity index (χ3v) is 6.13. The van der Waals surface area contributed by atoms with Crippen molar-refractivity contribution < 1.29 is 9.18 Å². The molecule has 30 heavy (non-hydrogen) atoms. The summed E-state index contributed by atoms with van der Waals surface area (Å²) in [6.07, 6.45) is 2.55. The van der Waals surface area contributed by atoms with E-state index in [0.29, 0.717) is 11.7 Å². The van der Waals surface area contributed by atoms with Crippen molar-refractivity contribution in [1.82, 2.24) is 19.5 Å². The van der Waals surface area contributed by atoms with Gasteiger partial charge in [0.15, 0.2) is 0 Å². The van der Waals surface area contributed by atoms with Crippen molar-refractivity contribution in [1.29, 1.82) is 0 Å². The number of anilines is 1. The Morgan fingerprint density at radius 2 is 1.93 bits per heavy atom. The van der Waals surface area contributed by atoms with Gasteiger partial charge >= 0.3 is 0 Å². The third-order valence-electron chi connectivity index (χ3n) is 5.27. The van der Waals surface area contributed by atoms with Crippen LogP contribution in [0.5, 0.6) is 0 Å². The van der Waals surface area contributed by atoms with Crippen molar-refractivity contribution in [3.63, 3.8) is 0 Å². The third kappa shape index (κ3) is 3.66. The van der Waals surface area contributed by atoms with Crippen molar-refractivity contribution in [2.75, 3.05) is 11.9 Å². The van der Waals surface area contributed by atoms with Crippen LogP contribution in [-0.4, -0.2) is 38.0 Å². The highest BCUT2D eigenvalue weighted by atomic mass is 32.1. The molecule has 152 valence electrons. The lowest BCUT2D eigenvalue weighted by atomic mass is 10.1. The SMILES string of the molecule is Cc1ccc(CN2CCC(Nc3nn4cc(-c5ccc(F)cc5)nc4s3)C2=O)cc1. The average Bonchev–Trinajstić information content (AvgIpc) is 3.39. The molecule has 6 nitrogen and oxygen atoms in total. The molecule has 1 saturated heterocycles. The van der Waals surface area contributed by atoms with Crippen molar-refractivity contribution in [2.24, 2.45) is 0 Å². The molecule has 1 fully saturated rings. The van der Waals surface area contributed by atoms with Crippen LogP contribution in [0, 0.1) is 12.7 Å². The van der Waals surface area contributed by atoms with E-state index in [2.05, 4.69) is 46.6 Å². The summed E-state index contributed by atoms with van der Waals surface area (Å²) >= 11 is 1.40. The molecule has 5 rings (SSSR count). The molecule has 8 heteroatoms. The Morgan fingerprint density at radius 3 is 2.67 bits per heavy atom. The molecule has 1 N–H and O–H groups in total. The molecule has 0 aliphatic carbocycles. The first kappa shape index (κ1) is 18.7. The summed E-state index contributed by atoms with van der Waals surface area (Å²) < 4.78 is 14.8. The van der Waals surface area contributed by atoms with Gasteiger partial charge in [-0.15, -0.1) is 5.10 Å². The van der Waals surface area contributed by atoms with E-state index in [1.807, 2.05) is 11.1 Å². The predicted molar refractivity (Wildman–Crippen MR) is 115 cm³/mol. The number of rotatable bonds is 5. The number of benzene rings is 2.